The van der Waals surface area contributed by atoms with Crippen molar-refractivity contribution in [1.82, 2.24) is 10.3 Å². The summed E-state index contributed by atoms with van der Waals surface area (Å²) in [7, 11) is 1.42. The number of hydrogen-bond acceptors (Lipinski definition) is 6. The first-order chi connectivity index (χ1) is 9.99. The third-order valence-electron chi connectivity index (χ3n) is 3.18. The largest absolute Gasteiger partial charge is 0.469 e. The van der Waals surface area contributed by atoms with Crippen molar-refractivity contribution in [1.29, 1.82) is 0 Å². The first kappa shape index (κ1) is 16.1. The molecular weight excluding hydrogens is 304 g/mol. The van der Waals surface area contributed by atoms with Gasteiger partial charge in [0.15, 0.2) is 0 Å². The van der Waals surface area contributed by atoms with E-state index in [1.807, 2.05) is 13.0 Å². The highest BCUT2D eigenvalue weighted by Crippen LogP contribution is 2.25. The van der Waals surface area contributed by atoms with Crippen molar-refractivity contribution in [2.75, 3.05) is 7.11 Å². The molecule has 21 heavy (non-hydrogen) atoms. The summed E-state index contributed by atoms with van der Waals surface area (Å²) in [6.07, 6.45) is 0.351. The van der Waals surface area contributed by atoms with Gasteiger partial charge in [0, 0.05) is 27.2 Å². The van der Waals surface area contributed by atoms with Crippen LogP contribution in [0.15, 0.2) is 12.1 Å². The third kappa shape index (κ3) is 4.36. The fraction of sp³-hybridized carbons (Fsp3) is 0.467. The van der Waals surface area contributed by atoms with Gasteiger partial charge >= 0.3 is 5.97 Å². The van der Waals surface area contributed by atoms with Gasteiger partial charge < -0.3 is 10.1 Å². The van der Waals surface area contributed by atoms with Crippen LogP contribution in [0.1, 0.15) is 38.3 Å². The number of aryl methyl sites for hydroxylation is 2. The number of nitrogens with one attached hydrogen (secondary N) is 1. The molecule has 0 aliphatic carbocycles. The molecule has 0 aliphatic heterocycles. The summed E-state index contributed by atoms with van der Waals surface area (Å²) >= 11 is 3.39. The minimum absolute atomic E-state index is 0.194. The average Bonchev–Trinajstić information content (AvgIpc) is 3.02. The highest BCUT2D eigenvalue weighted by Gasteiger charge is 2.13. The summed E-state index contributed by atoms with van der Waals surface area (Å²) < 4.78 is 4.68. The normalized spacial score (nSPS) is 12.4. The minimum Gasteiger partial charge on any atom is -0.469 e. The van der Waals surface area contributed by atoms with Gasteiger partial charge in [0.1, 0.15) is 0 Å². The molecule has 1 atom stereocenters. The molecule has 2 aromatic rings. The average molecular weight is 324 g/mol. The Balaban J connectivity index is 1.91. The van der Waals surface area contributed by atoms with Crippen LogP contribution in [0.5, 0.6) is 0 Å². The number of nitrogens with zero attached hydrogens (tertiary/aromatic N) is 1. The van der Waals surface area contributed by atoms with Crippen LogP contribution in [0.4, 0.5) is 0 Å². The smallest absolute Gasteiger partial charge is 0.310 e. The van der Waals surface area contributed by atoms with Crippen LogP contribution in [-0.4, -0.2) is 18.1 Å². The third-order valence-corrected chi connectivity index (χ3v) is 5.52. The van der Waals surface area contributed by atoms with Crippen molar-refractivity contribution in [3.05, 3.63) is 37.5 Å². The second-order valence-corrected chi connectivity index (χ2v) is 7.39. The van der Waals surface area contributed by atoms with Crippen LogP contribution in [0.25, 0.3) is 0 Å². The summed E-state index contributed by atoms with van der Waals surface area (Å²) in [5, 5.41) is 4.62. The molecule has 0 saturated carbocycles. The van der Waals surface area contributed by atoms with Crippen LogP contribution < -0.4 is 5.32 Å². The Morgan fingerprint density at radius 1 is 1.33 bits per heavy atom. The number of carbonyl (C=O) groups excluding carboxylic acids is 1. The van der Waals surface area contributed by atoms with Gasteiger partial charge in [-0.2, -0.15) is 0 Å². The van der Waals surface area contributed by atoms with Gasteiger partial charge in [-0.05, 0) is 32.9 Å². The molecule has 2 aromatic heterocycles. The van der Waals surface area contributed by atoms with Gasteiger partial charge in [-0.15, -0.1) is 22.7 Å². The second-order valence-electron chi connectivity index (χ2n) is 4.91. The summed E-state index contributed by atoms with van der Waals surface area (Å²) in [5.41, 5.74) is 1.11. The zero-order valence-corrected chi connectivity index (χ0v) is 14.4. The van der Waals surface area contributed by atoms with E-state index in [0.29, 0.717) is 6.42 Å². The zero-order chi connectivity index (χ0) is 15.4. The number of thiophene rings is 1. The summed E-state index contributed by atoms with van der Waals surface area (Å²) in [4.78, 5) is 19.3. The van der Waals surface area contributed by atoms with E-state index in [0.717, 1.165) is 22.1 Å². The standard InChI is InChI=1S/C15H20N2O2S2/c1-9(15-10(2)17-11(3)20-15)16-8-13-6-5-12(21-13)7-14(18)19-4/h5-6,9,16H,7-8H2,1-4H3. The maximum Gasteiger partial charge on any atom is 0.310 e. The first-order valence-electron chi connectivity index (χ1n) is 6.81. The molecule has 0 aliphatic rings. The molecule has 4 nitrogen and oxygen atoms in total. The Bertz CT molecular complexity index is 619. The predicted octanol–water partition coefficient (Wildman–Crippen LogP) is 3.39. The van der Waals surface area contributed by atoms with Crippen molar-refractivity contribution in [2.24, 2.45) is 0 Å². The van der Waals surface area contributed by atoms with E-state index in [1.54, 1.807) is 22.7 Å². The number of esters is 1. The Kier molecular flexibility index (Phi) is 5.50. The molecule has 0 saturated heterocycles. The number of carbonyl (C=O) groups is 1. The van der Waals surface area contributed by atoms with Gasteiger partial charge in [0.05, 0.1) is 24.2 Å². The summed E-state index contributed by atoms with van der Waals surface area (Å²) in [5.74, 6) is -0.194. The van der Waals surface area contributed by atoms with E-state index in [2.05, 4.69) is 35.0 Å². The number of ether oxygens (including phenoxy) is 1. The number of rotatable bonds is 6. The fourth-order valence-electron chi connectivity index (χ4n) is 2.12. The maximum atomic E-state index is 11.2. The molecule has 114 valence electrons. The summed E-state index contributed by atoms with van der Waals surface area (Å²) in [6, 6.07) is 4.33. The van der Waals surface area contributed by atoms with Crippen molar-refractivity contribution >= 4 is 28.6 Å². The van der Waals surface area contributed by atoms with Gasteiger partial charge in [-0.1, -0.05) is 0 Å². The Morgan fingerprint density at radius 3 is 2.67 bits per heavy atom. The molecule has 6 heteroatoms. The molecule has 0 fully saturated rings. The molecule has 0 bridgehead atoms. The van der Waals surface area contributed by atoms with Crippen molar-refractivity contribution < 1.29 is 9.53 Å². The van der Waals surface area contributed by atoms with Crippen LogP contribution >= 0.6 is 22.7 Å². The Hall–Kier alpha value is -1.24. The molecule has 0 spiro atoms. The first-order valence-corrected chi connectivity index (χ1v) is 8.44. The number of aromatic nitrogens is 1. The predicted molar refractivity (Wildman–Crippen MR) is 86.9 cm³/mol. The minimum atomic E-state index is -0.194. The lowest BCUT2D eigenvalue weighted by molar-refractivity contribution is -0.139. The van der Waals surface area contributed by atoms with E-state index in [9.17, 15) is 4.79 Å². The van der Waals surface area contributed by atoms with Crippen LogP contribution in [0, 0.1) is 13.8 Å². The fourth-order valence-corrected chi connectivity index (χ4v) is 4.03. The monoisotopic (exact) mass is 324 g/mol. The molecule has 0 amide bonds. The van der Waals surface area contributed by atoms with Gasteiger partial charge in [0.25, 0.3) is 0 Å². The van der Waals surface area contributed by atoms with Crippen LogP contribution in [-0.2, 0) is 22.5 Å². The highest BCUT2D eigenvalue weighted by molar-refractivity contribution is 7.12. The number of hydrogen-bond donors (Lipinski definition) is 1. The highest BCUT2D eigenvalue weighted by atomic mass is 32.1. The Morgan fingerprint density at radius 2 is 2.05 bits per heavy atom. The maximum absolute atomic E-state index is 11.2. The van der Waals surface area contributed by atoms with Crippen molar-refractivity contribution in [2.45, 2.75) is 39.8 Å². The number of methoxy groups -OCH3 is 1. The zero-order valence-electron chi connectivity index (χ0n) is 12.7. The SMILES string of the molecule is COC(=O)Cc1ccc(CNC(C)c2sc(C)nc2C)s1. The Labute approximate surface area is 133 Å². The van der Waals surface area contributed by atoms with Crippen molar-refractivity contribution in [3.8, 4) is 0 Å². The van der Waals surface area contributed by atoms with Gasteiger partial charge in [-0.3, -0.25) is 4.79 Å². The molecule has 2 rings (SSSR count). The topological polar surface area (TPSA) is 51.2 Å². The van der Waals surface area contributed by atoms with Crippen molar-refractivity contribution in [3.63, 3.8) is 0 Å². The molecular formula is C15H20N2O2S2. The molecule has 0 radical (unpaired) electrons. The summed E-state index contributed by atoms with van der Waals surface area (Å²) in [6.45, 7) is 7.04. The van der Waals surface area contributed by atoms with Gasteiger partial charge in [0.2, 0.25) is 0 Å². The van der Waals surface area contributed by atoms with E-state index in [1.165, 1.54) is 16.9 Å². The van der Waals surface area contributed by atoms with Crippen LogP contribution in [0.3, 0.4) is 0 Å². The van der Waals surface area contributed by atoms with E-state index >= 15 is 0 Å². The quantitative estimate of drug-likeness (QED) is 0.828. The molecule has 1 N–H and O–H groups in total. The lowest BCUT2D eigenvalue weighted by Crippen LogP contribution is -2.17. The molecule has 0 aromatic carbocycles. The lowest BCUT2D eigenvalue weighted by Gasteiger charge is -2.11. The second kappa shape index (κ2) is 7.15. The van der Waals surface area contributed by atoms with Gasteiger partial charge in [-0.25, -0.2) is 4.98 Å². The van der Waals surface area contributed by atoms with E-state index in [4.69, 9.17) is 0 Å². The van der Waals surface area contributed by atoms with Crippen LogP contribution in [0.2, 0.25) is 0 Å². The molecule has 1 unspecified atom stereocenters. The number of thiazole rings is 1. The lowest BCUT2D eigenvalue weighted by atomic mass is 10.2. The molecule has 2 heterocycles. The van der Waals surface area contributed by atoms with E-state index < -0.39 is 0 Å². The van der Waals surface area contributed by atoms with E-state index in [-0.39, 0.29) is 12.0 Å².